The molecule has 0 aromatic carbocycles. The quantitative estimate of drug-likeness (QED) is 0.429. The second kappa shape index (κ2) is 8.76. The van der Waals surface area contributed by atoms with E-state index in [1.165, 1.54) is 54.4 Å². The molecule has 0 fully saturated rings. The van der Waals surface area contributed by atoms with E-state index >= 15 is 0 Å². The standard InChI is InChI=1S/C19H19F5N4O4S2/c1-4-34(30,31)15-8-12(27-33(2,3)29)9-25-16(15)17-26-10-13-14(6-5-7-28(13)17)32-11-18(20,21)19(22,23)24/h5-10H,4,11H2,1-3H3. The molecule has 3 rings (SSSR count). The lowest BCUT2D eigenvalue weighted by Crippen LogP contribution is -2.41. The number of alkyl halides is 5. The van der Waals surface area contributed by atoms with Crippen molar-refractivity contribution in [2.45, 2.75) is 23.9 Å². The lowest BCUT2D eigenvalue weighted by molar-refractivity contribution is -0.289. The highest BCUT2D eigenvalue weighted by atomic mass is 32.2. The van der Waals surface area contributed by atoms with Gasteiger partial charge >= 0.3 is 12.1 Å². The summed E-state index contributed by atoms with van der Waals surface area (Å²) in [5, 5.41) is 0. The summed E-state index contributed by atoms with van der Waals surface area (Å²) in [7, 11) is -6.50. The fourth-order valence-corrected chi connectivity index (χ4v) is 4.50. The van der Waals surface area contributed by atoms with Crippen molar-refractivity contribution >= 4 is 30.8 Å². The zero-order valence-electron chi connectivity index (χ0n) is 18.0. The number of imidazole rings is 1. The van der Waals surface area contributed by atoms with Crippen LogP contribution < -0.4 is 4.74 Å². The highest BCUT2D eigenvalue weighted by Crippen LogP contribution is 2.37. The smallest absolute Gasteiger partial charge is 0.456 e. The molecule has 34 heavy (non-hydrogen) atoms. The Hall–Kier alpha value is -2.81. The van der Waals surface area contributed by atoms with Gasteiger partial charge in [-0.25, -0.2) is 22.6 Å². The fourth-order valence-electron chi connectivity index (χ4n) is 2.84. The van der Waals surface area contributed by atoms with E-state index in [1.807, 2.05) is 0 Å². The zero-order chi connectivity index (χ0) is 25.5. The van der Waals surface area contributed by atoms with Gasteiger partial charge in [-0.05, 0) is 18.2 Å². The number of nitrogens with zero attached hydrogens (tertiary/aromatic N) is 4. The van der Waals surface area contributed by atoms with Gasteiger partial charge in [-0.15, -0.1) is 0 Å². The SMILES string of the molecule is CCS(=O)(=O)c1cc(N=S(C)(C)=O)cnc1-c1ncc2c(OCC(F)(F)C(F)(F)F)cccn12. The molecule has 0 saturated heterocycles. The van der Waals surface area contributed by atoms with E-state index in [9.17, 15) is 34.6 Å². The molecular weight excluding hydrogens is 507 g/mol. The van der Waals surface area contributed by atoms with Crippen LogP contribution in [0, 0.1) is 0 Å². The van der Waals surface area contributed by atoms with Crippen molar-refractivity contribution in [3.8, 4) is 17.3 Å². The third kappa shape index (κ3) is 5.29. The van der Waals surface area contributed by atoms with Gasteiger partial charge in [0.2, 0.25) is 0 Å². The van der Waals surface area contributed by atoms with Crippen LogP contribution in [0.5, 0.6) is 5.75 Å². The number of hydrogen-bond acceptors (Lipinski definition) is 7. The van der Waals surface area contributed by atoms with Crippen LogP contribution in [0.3, 0.4) is 0 Å². The Morgan fingerprint density at radius 1 is 1.09 bits per heavy atom. The zero-order valence-corrected chi connectivity index (χ0v) is 19.6. The molecule has 0 unspecified atom stereocenters. The Bertz CT molecular complexity index is 1450. The van der Waals surface area contributed by atoms with Gasteiger partial charge in [0.25, 0.3) is 0 Å². The molecule has 0 aliphatic rings. The van der Waals surface area contributed by atoms with Crippen LogP contribution in [0.4, 0.5) is 27.6 Å². The first-order valence-corrected chi connectivity index (χ1v) is 13.5. The van der Waals surface area contributed by atoms with Gasteiger partial charge in [0, 0.05) is 28.4 Å². The first-order chi connectivity index (χ1) is 15.6. The van der Waals surface area contributed by atoms with Gasteiger partial charge in [-0.2, -0.15) is 26.3 Å². The van der Waals surface area contributed by atoms with Gasteiger partial charge in [-0.1, -0.05) is 6.92 Å². The first-order valence-electron chi connectivity index (χ1n) is 9.49. The maximum Gasteiger partial charge on any atom is 0.456 e. The third-order valence-electron chi connectivity index (χ3n) is 4.45. The Morgan fingerprint density at radius 2 is 1.76 bits per heavy atom. The van der Waals surface area contributed by atoms with E-state index in [-0.39, 0.29) is 39.1 Å². The molecule has 0 radical (unpaired) electrons. The number of halogens is 5. The predicted octanol–water partition coefficient (Wildman–Crippen LogP) is 4.13. The van der Waals surface area contributed by atoms with Gasteiger partial charge in [0.05, 0.1) is 28.7 Å². The number of rotatable bonds is 7. The Kier molecular flexibility index (Phi) is 6.65. The van der Waals surface area contributed by atoms with Crippen LogP contribution in [0.15, 0.2) is 46.0 Å². The average Bonchev–Trinajstić information content (AvgIpc) is 3.15. The van der Waals surface area contributed by atoms with Crippen LogP contribution in [-0.4, -0.2) is 64.0 Å². The van der Waals surface area contributed by atoms with Crippen molar-refractivity contribution in [2.75, 3.05) is 24.9 Å². The minimum atomic E-state index is -5.79. The van der Waals surface area contributed by atoms with E-state index in [4.69, 9.17) is 4.74 Å². The number of pyridine rings is 2. The predicted molar refractivity (Wildman–Crippen MR) is 115 cm³/mol. The summed E-state index contributed by atoms with van der Waals surface area (Å²) < 4.78 is 111. The summed E-state index contributed by atoms with van der Waals surface area (Å²) in [6.45, 7) is -0.546. The van der Waals surface area contributed by atoms with Gasteiger partial charge < -0.3 is 4.74 Å². The van der Waals surface area contributed by atoms with E-state index in [0.717, 1.165) is 6.20 Å². The number of fused-ring (bicyclic) bond motifs is 1. The summed E-state index contributed by atoms with van der Waals surface area (Å²) in [5.74, 6) is -5.74. The number of aromatic nitrogens is 3. The molecule has 0 atom stereocenters. The van der Waals surface area contributed by atoms with Crippen molar-refractivity contribution in [2.24, 2.45) is 4.36 Å². The molecule has 0 amide bonds. The highest BCUT2D eigenvalue weighted by Gasteiger charge is 2.58. The summed E-state index contributed by atoms with van der Waals surface area (Å²) in [5.41, 5.74) is -0.0432. The second-order valence-corrected chi connectivity index (χ2v) is 12.2. The molecule has 0 spiro atoms. The van der Waals surface area contributed by atoms with Crippen LogP contribution in [0.2, 0.25) is 0 Å². The fraction of sp³-hybridized carbons (Fsp3) is 0.368. The number of ether oxygens (including phenoxy) is 1. The monoisotopic (exact) mass is 526 g/mol. The van der Waals surface area contributed by atoms with Crippen LogP contribution in [-0.2, 0) is 19.6 Å². The van der Waals surface area contributed by atoms with Gasteiger partial charge in [-0.3, -0.25) is 4.40 Å². The van der Waals surface area contributed by atoms with Crippen molar-refractivity contribution in [1.29, 1.82) is 0 Å². The lowest BCUT2D eigenvalue weighted by atomic mass is 10.3. The Balaban J connectivity index is 2.14. The molecule has 15 heteroatoms. The molecule has 3 aromatic heterocycles. The molecule has 3 aromatic rings. The summed E-state index contributed by atoms with van der Waals surface area (Å²) >= 11 is 0. The molecule has 8 nitrogen and oxygen atoms in total. The maximum absolute atomic E-state index is 13.3. The normalized spacial score (nSPS) is 13.3. The molecule has 0 aliphatic heterocycles. The van der Waals surface area contributed by atoms with Crippen LogP contribution in [0.1, 0.15) is 6.92 Å². The molecule has 3 heterocycles. The lowest BCUT2D eigenvalue weighted by Gasteiger charge is -2.20. The molecule has 0 bridgehead atoms. The molecule has 0 saturated carbocycles. The summed E-state index contributed by atoms with van der Waals surface area (Å²) in [4.78, 5) is 7.96. The molecule has 186 valence electrons. The van der Waals surface area contributed by atoms with Crippen LogP contribution in [0.25, 0.3) is 17.0 Å². The third-order valence-corrected chi connectivity index (χ3v) is 6.84. The molecular formula is C19H19F5N4O4S2. The van der Waals surface area contributed by atoms with Gasteiger partial charge in [0.1, 0.15) is 17.0 Å². The Labute approximate surface area is 191 Å². The number of hydrogen-bond donors (Lipinski definition) is 0. The Morgan fingerprint density at radius 3 is 2.35 bits per heavy atom. The van der Waals surface area contributed by atoms with Gasteiger partial charge in [0.15, 0.2) is 22.3 Å². The summed E-state index contributed by atoms with van der Waals surface area (Å²) in [6, 6.07) is 3.67. The molecule has 0 aliphatic carbocycles. The largest absolute Gasteiger partial charge is 0.485 e. The average molecular weight is 527 g/mol. The van der Waals surface area contributed by atoms with Crippen molar-refractivity contribution < 1.29 is 39.3 Å². The second-order valence-electron chi connectivity index (χ2n) is 7.42. The van der Waals surface area contributed by atoms with Crippen molar-refractivity contribution in [3.63, 3.8) is 0 Å². The van der Waals surface area contributed by atoms with Crippen LogP contribution >= 0.6 is 0 Å². The highest BCUT2D eigenvalue weighted by molar-refractivity contribution is 7.92. The minimum absolute atomic E-state index is 0.0102. The van der Waals surface area contributed by atoms with Crippen molar-refractivity contribution in [1.82, 2.24) is 14.4 Å². The first kappa shape index (κ1) is 25.8. The van der Waals surface area contributed by atoms with E-state index in [0.29, 0.717) is 0 Å². The minimum Gasteiger partial charge on any atom is -0.485 e. The molecule has 0 N–H and O–H groups in total. The topological polar surface area (TPSA) is 103 Å². The van der Waals surface area contributed by atoms with E-state index < -0.39 is 38.3 Å². The maximum atomic E-state index is 13.3. The van der Waals surface area contributed by atoms with E-state index in [1.54, 1.807) is 0 Å². The summed E-state index contributed by atoms with van der Waals surface area (Å²) in [6.07, 6.45) is 0.650. The van der Waals surface area contributed by atoms with E-state index in [2.05, 4.69) is 14.3 Å². The number of sulfone groups is 1. The van der Waals surface area contributed by atoms with Crippen molar-refractivity contribution in [3.05, 3.63) is 36.8 Å².